The summed E-state index contributed by atoms with van der Waals surface area (Å²) in [5.41, 5.74) is 16.8. The minimum absolute atomic E-state index is 0.0861. The van der Waals surface area contributed by atoms with E-state index in [4.69, 9.17) is 0 Å². The number of benzene rings is 7. The van der Waals surface area contributed by atoms with Crippen LogP contribution in [-0.4, -0.2) is 0 Å². The van der Waals surface area contributed by atoms with Crippen molar-refractivity contribution in [1.82, 2.24) is 0 Å². The molecule has 0 spiro atoms. The van der Waals surface area contributed by atoms with Crippen molar-refractivity contribution in [3.63, 3.8) is 0 Å². The third kappa shape index (κ3) is 5.77. The van der Waals surface area contributed by atoms with Crippen molar-refractivity contribution in [3.05, 3.63) is 174 Å². The van der Waals surface area contributed by atoms with Gasteiger partial charge in [-0.05, 0) is 92.1 Å². The lowest BCUT2D eigenvalue weighted by molar-refractivity contribution is 0.445. The van der Waals surface area contributed by atoms with Gasteiger partial charge < -0.3 is 4.90 Å². The van der Waals surface area contributed by atoms with E-state index in [-0.39, 0.29) is 10.8 Å². The molecule has 0 heterocycles. The highest BCUT2D eigenvalue weighted by Gasteiger charge is 2.38. The second-order valence-corrected chi connectivity index (χ2v) is 17.2. The lowest BCUT2D eigenvalue weighted by atomic mass is 9.80. The van der Waals surface area contributed by atoms with Crippen molar-refractivity contribution in [2.75, 3.05) is 4.90 Å². The predicted molar refractivity (Wildman–Crippen MR) is 232 cm³/mol. The van der Waals surface area contributed by atoms with E-state index in [0.29, 0.717) is 5.92 Å². The summed E-state index contributed by atoms with van der Waals surface area (Å²) in [6.07, 6.45) is 6.53. The average molecular weight is 702 g/mol. The van der Waals surface area contributed by atoms with Gasteiger partial charge in [-0.2, -0.15) is 0 Å². The molecule has 9 rings (SSSR count). The van der Waals surface area contributed by atoms with E-state index in [0.717, 1.165) is 0 Å². The minimum atomic E-state index is -0.111. The van der Waals surface area contributed by atoms with Gasteiger partial charge in [-0.25, -0.2) is 0 Å². The van der Waals surface area contributed by atoms with Crippen molar-refractivity contribution in [2.24, 2.45) is 0 Å². The van der Waals surface area contributed by atoms with Crippen LogP contribution in [0.25, 0.3) is 44.2 Å². The third-order valence-electron chi connectivity index (χ3n) is 12.5. The SMILES string of the molecule is CC(C)(C)c1ccc(-c2ccccc2N(c2ccccc2-c2cccc3cccc(C4CCCCC4)c23)c2cccc3c2-c2ccccc2C3(C)C)cc1. The van der Waals surface area contributed by atoms with Crippen LogP contribution in [0.5, 0.6) is 0 Å². The summed E-state index contributed by atoms with van der Waals surface area (Å²) in [5, 5.41) is 2.74. The Labute approximate surface area is 322 Å². The van der Waals surface area contributed by atoms with Gasteiger partial charge in [0.25, 0.3) is 0 Å². The molecule has 1 fully saturated rings. The molecule has 1 nitrogen and oxygen atoms in total. The number of hydrogen-bond acceptors (Lipinski definition) is 1. The molecule has 7 aromatic carbocycles. The van der Waals surface area contributed by atoms with Crippen LogP contribution in [0.1, 0.15) is 94.9 Å². The summed E-state index contributed by atoms with van der Waals surface area (Å²) in [6.45, 7) is 11.6. The van der Waals surface area contributed by atoms with Gasteiger partial charge in [-0.3, -0.25) is 0 Å². The highest BCUT2D eigenvalue weighted by Crippen LogP contribution is 2.56. The van der Waals surface area contributed by atoms with Crippen LogP contribution < -0.4 is 4.90 Å². The smallest absolute Gasteiger partial charge is 0.0543 e. The first-order chi connectivity index (χ1) is 26.2. The second kappa shape index (κ2) is 13.5. The van der Waals surface area contributed by atoms with E-state index in [2.05, 4.69) is 191 Å². The quantitative estimate of drug-likeness (QED) is 0.167. The van der Waals surface area contributed by atoms with Gasteiger partial charge in [0.1, 0.15) is 0 Å². The fourth-order valence-electron chi connectivity index (χ4n) is 9.62. The Bertz CT molecular complexity index is 2480. The summed E-state index contributed by atoms with van der Waals surface area (Å²) in [7, 11) is 0. The van der Waals surface area contributed by atoms with E-state index in [9.17, 15) is 0 Å². The average Bonchev–Trinajstić information content (AvgIpc) is 3.44. The molecule has 1 heteroatoms. The highest BCUT2D eigenvalue weighted by molar-refractivity contribution is 6.06. The van der Waals surface area contributed by atoms with E-state index in [1.807, 2.05) is 0 Å². The number of fused-ring (bicyclic) bond motifs is 4. The van der Waals surface area contributed by atoms with Crippen molar-refractivity contribution in [3.8, 4) is 33.4 Å². The molecule has 0 atom stereocenters. The zero-order valence-corrected chi connectivity index (χ0v) is 32.5. The van der Waals surface area contributed by atoms with Crippen LogP contribution in [0.2, 0.25) is 0 Å². The fourth-order valence-corrected chi connectivity index (χ4v) is 9.62. The van der Waals surface area contributed by atoms with Crippen LogP contribution in [-0.2, 0) is 10.8 Å². The maximum atomic E-state index is 2.58. The predicted octanol–water partition coefficient (Wildman–Crippen LogP) is 15.3. The maximum absolute atomic E-state index is 2.58. The number of anilines is 3. The fraction of sp³-hybridized carbons (Fsp3) is 0.245. The molecule has 54 heavy (non-hydrogen) atoms. The molecule has 7 aromatic rings. The van der Waals surface area contributed by atoms with Crippen LogP contribution in [0.15, 0.2) is 152 Å². The first-order valence-corrected chi connectivity index (χ1v) is 20.1. The van der Waals surface area contributed by atoms with E-state index >= 15 is 0 Å². The molecule has 0 saturated heterocycles. The Hall–Kier alpha value is -5.40. The Morgan fingerprint density at radius 3 is 1.78 bits per heavy atom. The largest absolute Gasteiger partial charge is 0.309 e. The van der Waals surface area contributed by atoms with E-state index < -0.39 is 0 Å². The van der Waals surface area contributed by atoms with Gasteiger partial charge in [-0.15, -0.1) is 0 Å². The highest BCUT2D eigenvalue weighted by atomic mass is 15.2. The van der Waals surface area contributed by atoms with Crippen molar-refractivity contribution < 1.29 is 0 Å². The Morgan fingerprint density at radius 2 is 1.06 bits per heavy atom. The third-order valence-corrected chi connectivity index (χ3v) is 12.5. The van der Waals surface area contributed by atoms with Gasteiger partial charge in [0, 0.05) is 22.1 Å². The van der Waals surface area contributed by atoms with E-state index in [1.165, 1.54) is 116 Å². The zero-order chi connectivity index (χ0) is 37.0. The second-order valence-electron chi connectivity index (χ2n) is 17.2. The Balaban J connectivity index is 1.33. The number of rotatable bonds is 6. The summed E-state index contributed by atoms with van der Waals surface area (Å²) in [5.74, 6) is 0.597. The molecule has 0 aromatic heterocycles. The summed E-state index contributed by atoms with van der Waals surface area (Å²) >= 11 is 0. The lowest BCUT2D eigenvalue weighted by Crippen LogP contribution is -2.16. The topological polar surface area (TPSA) is 3.24 Å². The van der Waals surface area contributed by atoms with E-state index in [1.54, 1.807) is 0 Å². The maximum Gasteiger partial charge on any atom is 0.0543 e. The molecular weight excluding hydrogens is 651 g/mol. The molecule has 268 valence electrons. The minimum Gasteiger partial charge on any atom is -0.309 e. The van der Waals surface area contributed by atoms with Crippen LogP contribution in [0.4, 0.5) is 17.1 Å². The van der Waals surface area contributed by atoms with Crippen LogP contribution >= 0.6 is 0 Å². The molecular formula is C53H51N. The van der Waals surface area contributed by atoms with Crippen molar-refractivity contribution in [1.29, 1.82) is 0 Å². The molecule has 0 radical (unpaired) electrons. The number of para-hydroxylation sites is 2. The zero-order valence-electron chi connectivity index (χ0n) is 32.5. The summed E-state index contributed by atoms with van der Waals surface area (Å²) in [6, 6.07) is 57.4. The lowest BCUT2D eigenvalue weighted by Gasteiger charge is -2.32. The normalized spacial score (nSPS) is 15.2. The molecule has 0 aliphatic heterocycles. The molecule has 1 saturated carbocycles. The Kier molecular flexibility index (Phi) is 8.57. The number of hydrogen-bond donors (Lipinski definition) is 0. The van der Waals surface area contributed by atoms with Crippen LogP contribution in [0, 0.1) is 0 Å². The monoisotopic (exact) mass is 701 g/mol. The Morgan fingerprint density at radius 1 is 0.500 bits per heavy atom. The molecule has 0 unspecified atom stereocenters. The van der Waals surface area contributed by atoms with Crippen molar-refractivity contribution in [2.45, 2.75) is 83.5 Å². The van der Waals surface area contributed by atoms with Gasteiger partial charge in [0.05, 0.1) is 17.1 Å². The first kappa shape index (κ1) is 34.4. The van der Waals surface area contributed by atoms with Gasteiger partial charge in [-0.1, -0.05) is 187 Å². The number of nitrogens with zero attached hydrogens (tertiary/aromatic N) is 1. The van der Waals surface area contributed by atoms with Gasteiger partial charge >= 0.3 is 0 Å². The molecule has 2 aliphatic carbocycles. The first-order valence-electron chi connectivity index (χ1n) is 20.1. The molecule has 2 aliphatic rings. The standard InChI is InChI=1S/C53H51N/c1-52(2,3)39-34-32-37(33-35-39)40-22-10-13-29-47(40)54(49-31-17-28-46-51(49)44-24-9-12-27-45(44)53(46,4)5)48-30-14-11-23-42(48)43-26-16-21-38-20-15-25-41(50(38)43)36-18-7-6-8-19-36/h9-17,20-36H,6-8,18-19H2,1-5H3. The molecule has 0 amide bonds. The summed E-state index contributed by atoms with van der Waals surface area (Å²) < 4.78 is 0. The van der Waals surface area contributed by atoms with Gasteiger partial charge in [0.15, 0.2) is 0 Å². The van der Waals surface area contributed by atoms with Crippen LogP contribution in [0.3, 0.4) is 0 Å². The van der Waals surface area contributed by atoms with Gasteiger partial charge in [0.2, 0.25) is 0 Å². The van der Waals surface area contributed by atoms with Crippen molar-refractivity contribution >= 4 is 27.8 Å². The summed E-state index contributed by atoms with van der Waals surface area (Å²) in [4.78, 5) is 2.58. The molecule has 0 N–H and O–H groups in total. The molecule has 0 bridgehead atoms.